The van der Waals surface area contributed by atoms with Crippen molar-refractivity contribution in [3.63, 3.8) is 0 Å². The smallest absolute Gasteiger partial charge is 0.328 e. The second-order valence-corrected chi connectivity index (χ2v) is 5.27. The van der Waals surface area contributed by atoms with Crippen molar-refractivity contribution >= 4 is 12.0 Å². The van der Waals surface area contributed by atoms with Crippen LogP contribution in [0.15, 0.2) is 0 Å². The molecule has 0 aromatic heterocycles. The molecule has 1 aliphatic rings. The zero-order valence-corrected chi connectivity index (χ0v) is 10.6. The first kappa shape index (κ1) is 13.8. The zero-order chi connectivity index (χ0) is 12.9. The number of rotatable bonds is 4. The van der Waals surface area contributed by atoms with Crippen molar-refractivity contribution < 1.29 is 14.7 Å². The lowest BCUT2D eigenvalue weighted by Crippen LogP contribution is -2.53. The third kappa shape index (κ3) is 4.63. The average Bonchev–Trinajstić information content (AvgIpc) is 2.27. The summed E-state index contributed by atoms with van der Waals surface area (Å²) < 4.78 is 0. The highest BCUT2D eigenvalue weighted by molar-refractivity contribution is 5.85. The molecule has 0 saturated heterocycles. The molecule has 0 heterocycles. The number of amides is 2. The second-order valence-electron chi connectivity index (χ2n) is 5.27. The topological polar surface area (TPSA) is 78.4 Å². The standard InChI is InChI=1S/C12H22N2O3/c1-12(2,10(15)16)14-11(17)13-8-9-6-4-3-5-7-9/h9H,3-8H2,1-2H3,(H,15,16)(H2,13,14,17). The van der Waals surface area contributed by atoms with E-state index in [1.807, 2.05) is 0 Å². The number of urea groups is 1. The van der Waals surface area contributed by atoms with Gasteiger partial charge in [-0.25, -0.2) is 9.59 Å². The quantitative estimate of drug-likeness (QED) is 0.702. The van der Waals surface area contributed by atoms with Crippen LogP contribution in [0.1, 0.15) is 46.0 Å². The summed E-state index contributed by atoms with van der Waals surface area (Å²) in [5, 5.41) is 14.1. The van der Waals surface area contributed by atoms with Crippen LogP contribution in [-0.4, -0.2) is 29.2 Å². The number of hydrogen-bond donors (Lipinski definition) is 3. The summed E-state index contributed by atoms with van der Waals surface area (Å²) in [7, 11) is 0. The van der Waals surface area contributed by atoms with Crippen LogP contribution in [0.3, 0.4) is 0 Å². The molecule has 0 bridgehead atoms. The summed E-state index contributed by atoms with van der Waals surface area (Å²) >= 11 is 0. The van der Waals surface area contributed by atoms with Gasteiger partial charge < -0.3 is 15.7 Å². The van der Waals surface area contributed by atoms with Gasteiger partial charge in [-0.1, -0.05) is 19.3 Å². The molecule has 0 unspecified atom stereocenters. The first-order valence-corrected chi connectivity index (χ1v) is 6.21. The van der Waals surface area contributed by atoms with E-state index in [2.05, 4.69) is 10.6 Å². The molecule has 1 saturated carbocycles. The van der Waals surface area contributed by atoms with Crippen LogP contribution < -0.4 is 10.6 Å². The Bertz CT molecular complexity index is 283. The highest BCUT2D eigenvalue weighted by Crippen LogP contribution is 2.22. The Morgan fingerprint density at radius 1 is 1.24 bits per heavy atom. The average molecular weight is 242 g/mol. The van der Waals surface area contributed by atoms with Gasteiger partial charge >= 0.3 is 12.0 Å². The Kier molecular flexibility index (Phi) is 4.78. The third-order valence-corrected chi connectivity index (χ3v) is 3.24. The maximum absolute atomic E-state index is 11.5. The van der Waals surface area contributed by atoms with Crippen molar-refractivity contribution in [2.45, 2.75) is 51.5 Å². The number of carboxylic acid groups (broad SMARTS) is 1. The summed E-state index contributed by atoms with van der Waals surface area (Å²) in [6.45, 7) is 3.58. The third-order valence-electron chi connectivity index (χ3n) is 3.24. The molecule has 0 spiro atoms. The lowest BCUT2D eigenvalue weighted by molar-refractivity contribution is -0.142. The van der Waals surface area contributed by atoms with E-state index in [1.165, 1.54) is 33.1 Å². The first-order chi connectivity index (χ1) is 7.92. The van der Waals surface area contributed by atoms with Gasteiger partial charge in [-0.2, -0.15) is 0 Å². The molecule has 5 nitrogen and oxygen atoms in total. The monoisotopic (exact) mass is 242 g/mol. The maximum Gasteiger partial charge on any atom is 0.328 e. The highest BCUT2D eigenvalue weighted by atomic mass is 16.4. The van der Waals surface area contributed by atoms with Gasteiger partial charge in [0.2, 0.25) is 0 Å². The molecule has 1 fully saturated rings. The number of aliphatic carboxylic acids is 1. The highest BCUT2D eigenvalue weighted by Gasteiger charge is 2.29. The molecule has 98 valence electrons. The fraction of sp³-hybridized carbons (Fsp3) is 0.833. The van der Waals surface area contributed by atoms with Gasteiger partial charge in [-0.3, -0.25) is 0 Å². The van der Waals surface area contributed by atoms with Crippen LogP contribution in [-0.2, 0) is 4.79 Å². The van der Waals surface area contributed by atoms with Crippen LogP contribution in [0, 0.1) is 5.92 Å². The molecule has 3 N–H and O–H groups in total. The fourth-order valence-electron chi connectivity index (χ4n) is 2.01. The van der Waals surface area contributed by atoms with E-state index in [1.54, 1.807) is 0 Å². The van der Waals surface area contributed by atoms with Crippen LogP contribution in [0.4, 0.5) is 4.79 Å². The van der Waals surface area contributed by atoms with Crippen LogP contribution in [0.25, 0.3) is 0 Å². The number of hydrogen-bond acceptors (Lipinski definition) is 2. The van der Waals surface area contributed by atoms with E-state index in [9.17, 15) is 9.59 Å². The number of nitrogens with one attached hydrogen (secondary N) is 2. The molecule has 0 aromatic carbocycles. The Morgan fingerprint density at radius 2 is 1.82 bits per heavy atom. The van der Waals surface area contributed by atoms with Gasteiger partial charge in [0.15, 0.2) is 0 Å². The van der Waals surface area contributed by atoms with E-state index in [-0.39, 0.29) is 0 Å². The van der Waals surface area contributed by atoms with Gasteiger partial charge in [-0.15, -0.1) is 0 Å². The molecule has 1 rings (SSSR count). The number of carbonyl (C=O) groups is 2. The van der Waals surface area contributed by atoms with Crippen molar-refractivity contribution in [1.29, 1.82) is 0 Å². The minimum atomic E-state index is -1.23. The molecule has 0 aromatic rings. The van der Waals surface area contributed by atoms with Crippen LogP contribution in [0.5, 0.6) is 0 Å². The Hall–Kier alpha value is -1.26. The maximum atomic E-state index is 11.5. The number of carbonyl (C=O) groups excluding carboxylic acids is 1. The summed E-state index contributed by atoms with van der Waals surface area (Å²) in [5.74, 6) is -0.493. The lowest BCUT2D eigenvalue weighted by atomic mass is 9.89. The second kappa shape index (κ2) is 5.89. The van der Waals surface area contributed by atoms with Gasteiger partial charge in [-0.05, 0) is 32.6 Å². The van der Waals surface area contributed by atoms with Crippen molar-refractivity contribution in [3.8, 4) is 0 Å². The van der Waals surface area contributed by atoms with Gasteiger partial charge in [0.25, 0.3) is 0 Å². The molecule has 0 radical (unpaired) electrons. The molecule has 0 atom stereocenters. The predicted octanol–water partition coefficient (Wildman–Crippen LogP) is 1.73. The van der Waals surface area contributed by atoms with Gasteiger partial charge in [0.05, 0.1) is 0 Å². The summed E-state index contributed by atoms with van der Waals surface area (Å²) in [5.41, 5.74) is -1.23. The minimum absolute atomic E-state index is 0.400. The van der Waals surface area contributed by atoms with Crippen LogP contribution >= 0.6 is 0 Å². The van der Waals surface area contributed by atoms with Crippen LogP contribution in [0.2, 0.25) is 0 Å². The zero-order valence-electron chi connectivity index (χ0n) is 10.6. The van der Waals surface area contributed by atoms with E-state index < -0.39 is 17.5 Å². The summed E-state index contributed by atoms with van der Waals surface area (Å²) in [6.07, 6.45) is 6.06. The molecular formula is C12H22N2O3. The molecule has 1 aliphatic carbocycles. The molecule has 2 amide bonds. The van der Waals surface area contributed by atoms with Crippen molar-refractivity contribution in [2.75, 3.05) is 6.54 Å². The van der Waals surface area contributed by atoms with Crippen molar-refractivity contribution in [1.82, 2.24) is 10.6 Å². The van der Waals surface area contributed by atoms with E-state index in [4.69, 9.17) is 5.11 Å². The Morgan fingerprint density at radius 3 is 2.35 bits per heavy atom. The molecular weight excluding hydrogens is 220 g/mol. The van der Waals surface area contributed by atoms with E-state index in [0.717, 1.165) is 12.8 Å². The SMILES string of the molecule is CC(C)(NC(=O)NCC1CCCCC1)C(=O)O. The molecule has 17 heavy (non-hydrogen) atoms. The van der Waals surface area contributed by atoms with Crippen molar-refractivity contribution in [2.24, 2.45) is 5.92 Å². The molecule has 5 heteroatoms. The van der Waals surface area contributed by atoms with Gasteiger partial charge in [0, 0.05) is 6.54 Å². The Balaban J connectivity index is 2.27. The van der Waals surface area contributed by atoms with Crippen molar-refractivity contribution in [3.05, 3.63) is 0 Å². The molecule has 0 aliphatic heterocycles. The van der Waals surface area contributed by atoms with E-state index in [0.29, 0.717) is 12.5 Å². The van der Waals surface area contributed by atoms with Gasteiger partial charge in [0.1, 0.15) is 5.54 Å². The summed E-state index contributed by atoms with van der Waals surface area (Å²) in [4.78, 5) is 22.3. The minimum Gasteiger partial charge on any atom is -0.480 e. The summed E-state index contributed by atoms with van der Waals surface area (Å²) in [6, 6.07) is -0.400. The van der Waals surface area contributed by atoms with E-state index >= 15 is 0 Å². The largest absolute Gasteiger partial charge is 0.480 e. The Labute approximate surface area is 102 Å². The predicted molar refractivity (Wildman–Crippen MR) is 64.8 cm³/mol. The number of carboxylic acids is 1. The normalized spacial score (nSPS) is 17.5. The fourth-order valence-corrected chi connectivity index (χ4v) is 2.01. The lowest BCUT2D eigenvalue weighted by Gasteiger charge is -2.24. The first-order valence-electron chi connectivity index (χ1n) is 6.21.